The zero-order valence-corrected chi connectivity index (χ0v) is 41.5. The summed E-state index contributed by atoms with van der Waals surface area (Å²) < 4.78 is 8.88. The average Bonchev–Trinajstić information content (AvgIpc) is 3.85. The van der Waals surface area contributed by atoms with Crippen LogP contribution in [0.3, 0.4) is 0 Å². The predicted molar refractivity (Wildman–Crippen MR) is 272 cm³/mol. The van der Waals surface area contributed by atoms with Gasteiger partial charge < -0.3 is 26.5 Å². The van der Waals surface area contributed by atoms with Crippen LogP contribution in [-0.2, 0) is 37.3 Å². The topological polar surface area (TPSA) is 33.5 Å². The summed E-state index contributed by atoms with van der Waals surface area (Å²) in [5, 5.41) is 2.23. The van der Waals surface area contributed by atoms with Crippen LogP contribution in [0.25, 0.3) is 38.8 Å². The van der Waals surface area contributed by atoms with Gasteiger partial charge in [0.05, 0.1) is 0 Å². The van der Waals surface area contributed by atoms with Crippen molar-refractivity contribution in [1.29, 1.82) is 0 Å². The third-order valence-corrected chi connectivity index (χ3v) is 12.7. The van der Waals surface area contributed by atoms with Gasteiger partial charge in [-0.1, -0.05) is 152 Å². The Morgan fingerprint density at radius 3 is 1.95 bits per heavy atom. The number of benzene rings is 7. The van der Waals surface area contributed by atoms with E-state index in [1.807, 2.05) is 24.4 Å². The van der Waals surface area contributed by atoms with E-state index in [9.17, 15) is 0 Å². The second-order valence-electron chi connectivity index (χ2n) is 19.5. The molecule has 1 aliphatic heterocycles. The van der Waals surface area contributed by atoms with Crippen LogP contribution in [0, 0.1) is 26.2 Å². The molecule has 66 heavy (non-hydrogen) atoms. The molecule has 2 aromatic heterocycles. The number of ether oxygens (including phenoxy) is 1. The Hall–Kier alpha value is -6.42. The smallest absolute Gasteiger partial charge is 0.509 e. The van der Waals surface area contributed by atoms with E-state index in [0.717, 1.165) is 50.4 Å². The van der Waals surface area contributed by atoms with E-state index in [0.29, 0.717) is 11.5 Å². The molecule has 332 valence electrons. The number of hydrogen-bond acceptors (Lipinski definition) is 4. The molecule has 0 bridgehead atoms. The number of aromatic nitrogens is 2. The molecular weight excluding hydrogens is 988 g/mol. The molecule has 0 radical (unpaired) electrons. The van der Waals surface area contributed by atoms with Crippen molar-refractivity contribution >= 4 is 44.6 Å². The van der Waals surface area contributed by atoms with Gasteiger partial charge in [-0.25, -0.2) is 4.98 Å². The second kappa shape index (κ2) is 17.8. The summed E-state index contributed by atoms with van der Waals surface area (Å²) >= 11 is 0. The molecule has 6 heteroatoms. The molecule has 0 aliphatic carbocycles. The van der Waals surface area contributed by atoms with E-state index < -0.39 is 0 Å². The SMILES string of the molecule is CC(C)(C)c1cc(-c2ccccc2)cc(N2[CH-]N(c3[c-]c(Oc4[c-]c5c(cc4)c4ccccc4n5-c4cc(C(C)(C)C)ccn4)ccc3)c3ccc(C(C)(C)c4ccccc4)cc32)c1.[CH3-].[Pt+4]. The van der Waals surface area contributed by atoms with E-state index in [1.54, 1.807) is 0 Å². The summed E-state index contributed by atoms with van der Waals surface area (Å²) in [7, 11) is 0. The number of nitrogens with zero attached hydrogens (tertiary/aromatic N) is 4. The van der Waals surface area contributed by atoms with Gasteiger partial charge in [-0.15, -0.1) is 48.1 Å². The van der Waals surface area contributed by atoms with Crippen molar-refractivity contribution in [2.75, 3.05) is 9.80 Å². The molecule has 0 spiro atoms. The fraction of sp³-hybridized carbons (Fsp3) is 0.183. The van der Waals surface area contributed by atoms with Gasteiger partial charge in [0.1, 0.15) is 5.82 Å². The van der Waals surface area contributed by atoms with Gasteiger partial charge in [-0.2, -0.15) is 12.1 Å². The molecule has 10 rings (SSSR count). The van der Waals surface area contributed by atoms with Gasteiger partial charge in [-0.3, -0.25) is 0 Å². The third kappa shape index (κ3) is 8.58. The van der Waals surface area contributed by atoms with E-state index in [2.05, 4.69) is 234 Å². The first-order chi connectivity index (χ1) is 30.7. The van der Waals surface area contributed by atoms with Crippen LogP contribution in [0.1, 0.15) is 77.6 Å². The van der Waals surface area contributed by atoms with Crippen molar-refractivity contribution < 1.29 is 25.8 Å². The minimum atomic E-state index is -0.230. The van der Waals surface area contributed by atoms with E-state index >= 15 is 0 Å². The molecular formula is C60H56N4OPt. The standard InChI is InChI=1S/C59H53N4O.CH3.Pt/c1-57(2,3)43-30-31-60-56(36-43)63-52-25-16-15-24-50(52)51-28-27-49(38-54(51)63)64-48-23-17-22-46(37-48)61-39-62(47-33-41(40-18-11-9-12-19-40)32-45(34-47)58(4,5)6)55-35-44(26-29-53(55)61)59(7,8)42-20-13-10-14-21-42;;/h9-36,39H,1-8H3;1H3;/q-3;-1;+4. The Morgan fingerprint density at radius 1 is 0.515 bits per heavy atom. The van der Waals surface area contributed by atoms with Gasteiger partial charge in [-0.05, 0) is 92.1 Å². The maximum absolute atomic E-state index is 6.68. The summed E-state index contributed by atoms with van der Waals surface area (Å²) in [5.74, 6) is 2.05. The summed E-state index contributed by atoms with van der Waals surface area (Å²) in [6.45, 7) is 20.4. The molecule has 5 nitrogen and oxygen atoms in total. The van der Waals surface area contributed by atoms with E-state index in [-0.39, 0.29) is 44.7 Å². The van der Waals surface area contributed by atoms with Crippen LogP contribution in [-0.4, -0.2) is 9.55 Å². The number of hydrogen-bond donors (Lipinski definition) is 0. The van der Waals surface area contributed by atoms with Crippen LogP contribution in [0.4, 0.5) is 22.7 Å². The Balaban J connectivity index is 0.00000296. The number of rotatable bonds is 8. The number of para-hydroxylation sites is 1. The van der Waals surface area contributed by atoms with Crippen LogP contribution >= 0.6 is 0 Å². The van der Waals surface area contributed by atoms with Crippen LogP contribution in [0.15, 0.2) is 170 Å². The molecule has 0 saturated heterocycles. The van der Waals surface area contributed by atoms with Crippen molar-refractivity contribution in [3.05, 3.63) is 218 Å². The Bertz CT molecular complexity index is 3180. The zero-order chi connectivity index (χ0) is 44.4. The van der Waals surface area contributed by atoms with Crippen molar-refractivity contribution in [2.45, 2.75) is 71.6 Å². The molecule has 1 aliphatic rings. The van der Waals surface area contributed by atoms with Crippen LogP contribution in [0.5, 0.6) is 11.5 Å². The summed E-state index contributed by atoms with van der Waals surface area (Å²) in [4.78, 5) is 9.43. The molecule has 0 N–H and O–H groups in total. The number of fused-ring (bicyclic) bond motifs is 4. The largest absolute Gasteiger partial charge is 4.00 e. The fourth-order valence-corrected chi connectivity index (χ4v) is 8.88. The van der Waals surface area contributed by atoms with Gasteiger partial charge in [0.2, 0.25) is 0 Å². The van der Waals surface area contributed by atoms with Gasteiger partial charge >= 0.3 is 21.1 Å². The molecule has 0 unspecified atom stereocenters. The monoisotopic (exact) mass is 1040 g/mol. The van der Waals surface area contributed by atoms with Crippen LogP contribution < -0.4 is 14.5 Å². The van der Waals surface area contributed by atoms with Gasteiger partial charge in [0.15, 0.2) is 0 Å². The van der Waals surface area contributed by atoms with Crippen molar-refractivity contribution in [2.24, 2.45) is 0 Å². The maximum atomic E-state index is 6.68. The van der Waals surface area contributed by atoms with E-state index in [1.165, 1.54) is 33.4 Å². The Labute approximate surface area is 406 Å². The Morgan fingerprint density at radius 2 is 1.21 bits per heavy atom. The fourth-order valence-electron chi connectivity index (χ4n) is 8.88. The van der Waals surface area contributed by atoms with Gasteiger partial charge in [0, 0.05) is 45.7 Å². The Kier molecular flexibility index (Phi) is 12.4. The molecule has 3 heterocycles. The summed E-state index contributed by atoms with van der Waals surface area (Å²) in [5.41, 5.74) is 13.1. The summed E-state index contributed by atoms with van der Waals surface area (Å²) in [6.07, 6.45) is 1.90. The van der Waals surface area contributed by atoms with Crippen molar-refractivity contribution in [3.63, 3.8) is 0 Å². The zero-order valence-electron chi connectivity index (χ0n) is 39.3. The van der Waals surface area contributed by atoms with Crippen LogP contribution in [0.2, 0.25) is 0 Å². The first kappa shape index (κ1) is 46.1. The van der Waals surface area contributed by atoms with Gasteiger partial charge in [0.25, 0.3) is 0 Å². The first-order valence-corrected chi connectivity index (χ1v) is 22.2. The molecule has 9 aromatic rings. The second-order valence-corrected chi connectivity index (χ2v) is 19.5. The quantitative estimate of drug-likeness (QED) is 0.142. The summed E-state index contributed by atoms with van der Waals surface area (Å²) in [6, 6.07) is 65.6. The normalized spacial score (nSPS) is 12.8. The molecule has 0 saturated carbocycles. The predicted octanol–water partition coefficient (Wildman–Crippen LogP) is 16.0. The molecule has 7 aromatic carbocycles. The average molecular weight is 1040 g/mol. The minimum Gasteiger partial charge on any atom is -0.509 e. The maximum Gasteiger partial charge on any atom is 4.00 e. The third-order valence-electron chi connectivity index (χ3n) is 12.7. The number of anilines is 4. The number of pyridine rings is 1. The molecule has 0 atom stereocenters. The van der Waals surface area contributed by atoms with E-state index in [4.69, 9.17) is 9.72 Å². The minimum absolute atomic E-state index is 0. The van der Waals surface area contributed by atoms with Crippen molar-refractivity contribution in [1.82, 2.24) is 9.55 Å². The molecule has 0 amide bonds. The van der Waals surface area contributed by atoms with Crippen molar-refractivity contribution in [3.8, 4) is 28.4 Å². The first-order valence-electron chi connectivity index (χ1n) is 22.2. The molecule has 0 fully saturated rings.